The third kappa shape index (κ3) is 5.79. The standard InChI is InChI=1S/C25H37NO5/c1-24(2,3)31-23(29)26-20(15-17-11-7-6-8-12-17)21(30-25(26,4)5)16-18-13-9-10-14-19(18)22(27)28/h6-8,11-12,18-21H,9-10,13-16H2,1-5H3,(H,27,28)/t18-,19+,20+,21-/m1/s1. The molecule has 1 saturated heterocycles. The molecule has 1 amide bonds. The van der Waals surface area contributed by atoms with Gasteiger partial charge in [0.1, 0.15) is 11.3 Å². The topological polar surface area (TPSA) is 76.1 Å². The van der Waals surface area contributed by atoms with E-state index >= 15 is 0 Å². The van der Waals surface area contributed by atoms with Gasteiger partial charge in [-0.3, -0.25) is 9.69 Å². The van der Waals surface area contributed by atoms with Gasteiger partial charge in [-0.05, 0) is 71.8 Å². The van der Waals surface area contributed by atoms with E-state index in [9.17, 15) is 14.7 Å². The van der Waals surface area contributed by atoms with Crippen molar-refractivity contribution >= 4 is 12.1 Å². The van der Waals surface area contributed by atoms with Gasteiger partial charge in [-0.15, -0.1) is 0 Å². The lowest BCUT2D eigenvalue weighted by atomic mass is 9.75. The molecule has 1 aromatic rings. The van der Waals surface area contributed by atoms with Crippen LogP contribution in [0.3, 0.4) is 0 Å². The first-order chi connectivity index (χ1) is 14.5. The number of carboxylic acids is 1. The molecule has 0 radical (unpaired) electrons. The van der Waals surface area contributed by atoms with Gasteiger partial charge in [-0.25, -0.2) is 4.79 Å². The van der Waals surface area contributed by atoms with Crippen LogP contribution < -0.4 is 0 Å². The van der Waals surface area contributed by atoms with Gasteiger partial charge in [0.2, 0.25) is 0 Å². The number of amides is 1. The summed E-state index contributed by atoms with van der Waals surface area (Å²) in [6.45, 7) is 9.36. The number of carbonyl (C=O) groups excluding carboxylic acids is 1. The normalized spacial score (nSPS) is 28.4. The maximum atomic E-state index is 13.2. The number of benzene rings is 1. The summed E-state index contributed by atoms with van der Waals surface area (Å²) in [6, 6.07) is 9.84. The highest BCUT2D eigenvalue weighted by atomic mass is 16.6. The fourth-order valence-electron chi connectivity index (χ4n) is 5.13. The predicted octanol–water partition coefficient (Wildman–Crippen LogP) is 5.25. The highest BCUT2D eigenvalue weighted by Crippen LogP contribution is 2.41. The summed E-state index contributed by atoms with van der Waals surface area (Å²) in [5, 5.41) is 9.73. The van der Waals surface area contributed by atoms with Crippen LogP contribution in [0.25, 0.3) is 0 Å². The highest BCUT2D eigenvalue weighted by Gasteiger charge is 2.52. The molecule has 1 aliphatic carbocycles. The first-order valence-electron chi connectivity index (χ1n) is 11.4. The lowest BCUT2D eigenvalue weighted by Gasteiger charge is -2.35. The Bertz CT molecular complexity index is 770. The Balaban J connectivity index is 1.89. The number of hydrogen-bond donors (Lipinski definition) is 1. The van der Waals surface area contributed by atoms with Gasteiger partial charge in [-0.2, -0.15) is 0 Å². The number of carbonyl (C=O) groups is 2. The van der Waals surface area contributed by atoms with Crippen LogP contribution >= 0.6 is 0 Å². The van der Waals surface area contributed by atoms with E-state index in [1.807, 2.05) is 52.8 Å². The van der Waals surface area contributed by atoms with E-state index in [1.165, 1.54) is 0 Å². The molecule has 172 valence electrons. The fourth-order valence-corrected chi connectivity index (χ4v) is 5.13. The molecule has 6 nitrogen and oxygen atoms in total. The first-order valence-corrected chi connectivity index (χ1v) is 11.4. The molecule has 1 N–H and O–H groups in total. The number of carboxylic acid groups (broad SMARTS) is 1. The third-order valence-electron chi connectivity index (χ3n) is 6.42. The average Bonchev–Trinajstić information content (AvgIpc) is 2.91. The molecule has 0 unspecified atom stereocenters. The zero-order valence-corrected chi connectivity index (χ0v) is 19.5. The molecule has 0 spiro atoms. The van der Waals surface area contributed by atoms with E-state index in [2.05, 4.69) is 12.1 Å². The Morgan fingerprint density at radius 3 is 2.42 bits per heavy atom. The molecule has 4 atom stereocenters. The molecule has 6 heteroatoms. The van der Waals surface area contributed by atoms with Gasteiger partial charge in [-0.1, -0.05) is 43.2 Å². The van der Waals surface area contributed by atoms with Crippen LogP contribution in [-0.4, -0.2) is 45.5 Å². The molecule has 3 rings (SSSR count). The Hall–Kier alpha value is -2.08. The minimum atomic E-state index is -0.833. The van der Waals surface area contributed by atoms with Crippen LogP contribution in [-0.2, 0) is 20.7 Å². The number of hydrogen-bond acceptors (Lipinski definition) is 4. The molecule has 1 saturated carbocycles. The van der Waals surface area contributed by atoms with Gasteiger partial charge >= 0.3 is 12.1 Å². The molecule has 1 aromatic carbocycles. The minimum absolute atomic E-state index is 0.0592. The predicted molar refractivity (Wildman–Crippen MR) is 119 cm³/mol. The SMILES string of the molecule is CC(C)(C)OC(=O)N1[C@@H](Cc2ccccc2)[C@@H](C[C@H]2CCCC[C@@H]2C(=O)O)OC1(C)C. The second-order valence-electron chi connectivity index (χ2n) is 10.4. The second kappa shape index (κ2) is 9.19. The summed E-state index contributed by atoms with van der Waals surface area (Å²) in [5.74, 6) is -0.997. The van der Waals surface area contributed by atoms with Crippen molar-refractivity contribution in [2.45, 2.75) is 96.6 Å². The van der Waals surface area contributed by atoms with E-state index < -0.39 is 17.3 Å². The number of ether oxygens (including phenoxy) is 2. The van der Waals surface area contributed by atoms with Gasteiger partial charge < -0.3 is 14.6 Å². The van der Waals surface area contributed by atoms with Gasteiger partial charge in [0.15, 0.2) is 0 Å². The zero-order valence-electron chi connectivity index (χ0n) is 19.5. The molecular formula is C25H37NO5. The number of aliphatic carboxylic acids is 1. The van der Waals surface area contributed by atoms with E-state index in [0.717, 1.165) is 31.2 Å². The minimum Gasteiger partial charge on any atom is -0.481 e. The summed E-state index contributed by atoms with van der Waals surface area (Å²) < 4.78 is 12.2. The van der Waals surface area contributed by atoms with Crippen LogP contribution in [0.2, 0.25) is 0 Å². The lowest BCUT2D eigenvalue weighted by Crippen LogP contribution is -2.51. The van der Waals surface area contributed by atoms with Crippen LogP contribution in [0.15, 0.2) is 30.3 Å². The molecule has 0 aromatic heterocycles. The highest BCUT2D eigenvalue weighted by molar-refractivity contribution is 5.71. The number of rotatable bonds is 5. The van der Waals surface area contributed by atoms with E-state index in [4.69, 9.17) is 9.47 Å². The summed E-state index contributed by atoms with van der Waals surface area (Å²) in [4.78, 5) is 26.8. The summed E-state index contributed by atoms with van der Waals surface area (Å²) in [6.07, 6.45) is 4.26. The third-order valence-corrected chi connectivity index (χ3v) is 6.42. The Morgan fingerprint density at radius 2 is 1.81 bits per heavy atom. The van der Waals surface area contributed by atoms with Crippen LogP contribution in [0.4, 0.5) is 4.79 Å². The maximum Gasteiger partial charge on any atom is 0.412 e. The van der Waals surface area contributed by atoms with E-state index in [-0.39, 0.29) is 30.1 Å². The first kappa shape index (κ1) is 23.6. The Labute approximate surface area is 185 Å². The average molecular weight is 432 g/mol. The Morgan fingerprint density at radius 1 is 1.16 bits per heavy atom. The quantitative estimate of drug-likeness (QED) is 0.689. The zero-order chi connectivity index (χ0) is 22.8. The lowest BCUT2D eigenvalue weighted by molar-refractivity contribution is -0.145. The van der Waals surface area contributed by atoms with Crippen molar-refractivity contribution in [3.05, 3.63) is 35.9 Å². The monoisotopic (exact) mass is 431 g/mol. The molecule has 2 aliphatic rings. The van der Waals surface area contributed by atoms with Crippen molar-refractivity contribution in [1.29, 1.82) is 0 Å². The van der Waals surface area contributed by atoms with Crippen molar-refractivity contribution in [1.82, 2.24) is 4.90 Å². The smallest absolute Gasteiger partial charge is 0.412 e. The molecule has 2 fully saturated rings. The van der Waals surface area contributed by atoms with Crippen molar-refractivity contribution < 1.29 is 24.2 Å². The van der Waals surface area contributed by atoms with Crippen molar-refractivity contribution in [3.63, 3.8) is 0 Å². The van der Waals surface area contributed by atoms with Crippen LogP contribution in [0.1, 0.15) is 72.3 Å². The second-order valence-corrected chi connectivity index (χ2v) is 10.4. The molecular weight excluding hydrogens is 394 g/mol. The van der Waals surface area contributed by atoms with Crippen LogP contribution in [0, 0.1) is 11.8 Å². The van der Waals surface area contributed by atoms with E-state index in [1.54, 1.807) is 4.90 Å². The van der Waals surface area contributed by atoms with Crippen molar-refractivity contribution in [2.24, 2.45) is 11.8 Å². The fraction of sp³-hybridized carbons (Fsp3) is 0.680. The summed E-state index contributed by atoms with van der Waals surface area (Å²) >= 11 is 0. The van der Waals surface area contributed by atoms with Crippen molar-refractivity contribution in [3.8, 4) is 0 Å². The molecule has 1 heterocycles. The summed E-state index contributed by atoms with van der Waals surface area (Å²) in [5.41, 5.74) is -0.328. The van der Waals surface area contributed by atoms with Crippen LogP contribution in [0.5, 0.6) is 0 Å². The largest absolute Gasteiger partial charge is 0.481 e. The van der Waals surface area contributed by atoms with Gasteiger partial charge in [0, 0.05) is 0 Å². The molecule has 0 bridgehead atoms. The van der Waals surface area contributed by atoms with E-state index in [0.29, 0.717) is 12.8 Å². The molecule has 1 aliphatic heterocycles. The Kier molecular flexibility index (Phi) is 6.99. The molecule has 31 heavy (non-hydrogen) atoms. The maximum absolute atomic E-state index is 13.2. The van der Waals surface area contributed by atoms with Gasteiger partial charge in [0.05, 0.1) is 18.1 Å². The van der Waals surface area contributed by atoms with Gasteiger partial charge in [0.25, 0.3) is 0 Å². The summed E-state index contributed by atoms with van der Waals surface area (Å²) in [7, 11) is 0. The van der Waals surface area contributed by atoms with Crippen molar-refractivity contribution in [2.75, 3.05) is 0 Å². The number of nitrogens with zero attached hydrogens (tertiary/aromatic N) is 1.